The third kappa shape index (κ3) is 4.98. The Hall–Kier alpha value is -3.09. The van der Waals surface area contributed by atoms with Crippen LogP contribution in [0.4, 0.5) is 18.9 Å². The van der Waals surface area contributed by atoms with E-state index in [1.165, 1.54) is 24.3 Å². The molecule has 24 heavy (non-hydrogen) atoms. The van der Waals surface area contributed by atoms with Crippen molar-refractivity contribution in [1.82, 2.24) is 0 Å². The molecular formula is C17H12F3NO3. The van der Waals surface area contributed by atoms with Gasteiger partial charge in [-0.15, -0.1) is 0 Å². The Bertz CT molecular complexity index is 790. The Morgan fingerprint density at radius 2 is 1.79 bits per heavy atom. The van der Waals surface area contributed by atoms with Gasteiger partial charge in [-0.3, -0.25) is 4.79 Å². The molecule has 0 saturated carbocycles. The van der Waals surface area contributed by atoms with Crippen LogP contribution in [0.25, 0.3) is 6.08 Å². The largest absolute Gasteiger partial charge is 0.452 e. The zero-order chi connectivity index (χ0) is 17.5. The molecule has 0 unspecified atom stereocenters. The Kier molecular flexibility index (Phi) is 5.73. The lowest BCUT2D eigenvalue weighted by molar-refractivity contribution is -0.142. The molecule has 2 aromatic rings. The van der Waals surface area contributed by atoms with Crippen LogP contribution in [0, 0.1) is 17.5 Å². The fourth-order valence-electron chi connectivity index (χ4n) is 1.73. The highest BCUT2D eigenvalue weighted by Crippen LogP contribution is 2.14. The van der Waals surface area contributed by atoms with Crippen LogP contribution in [0.15, 0.2) is 48.5 Å². The second-order valence-electron chi connectivity index (χ2n) is 4.63. The molecule has 2 rings (SSSR count). The van der Waals surface area contributed by atoms with E-state index < -0.39 is 35.9 Å². The molecule has 0 radical (unpaired) electrons. The molecule has 0 atom stereocenters. The molecule has 0 aromatic heterocycles. The number of hydrogen-bond donors (Lipinski definition) is 1. The summed E-state index contributed by atoms with van der Waals surface area (Å²) in [6, 6.07) is 8.42. The fraction of sp³-hybridized carbons (Fsp3) is 0.0588. The first kappa shape index (κ1) is 17.3. The van der Waals surface area contributed by atoms with Crippen LogP contribution in [0.5, 0.6) is 0 Å². The number of rotatable bonds is 5. The minimum atomic E-state index is -0.950. The zero-order valence-electron chi connectivity index (χ0n) is 12.3. The monoisotopic (exact) mass is 335 g/mol. The Labute approximate surface area is 135 Å². The van der Waals surface area contributed by atoms with Gasteiger partial charge in [0.15, 0.2) is 6.61 Å². The van der Waals surface area contributed by atoms with E-state index in [0.717, 1.165) is 18.2 Å². The van der Waals surface area contributed by atoms with E-state index >= 15 is 0 Å². The molecule has 1 N–H and O–H groups in total. The van der Waals surface area contributed by atoms with Gasteiger partial charge in [-0.25, -0.2) is 18.0 Å². The third-order valence-electron chi connectivity index (χ3n) is 2.85. The maximum absolute atomic E-state index is 13.3. The highest BCUT2D eigenvalue weighted by molar-refractivity contribution is 5.94. The Morgan fingerprint density at radius 1 is 1.04 bits per heavy atom. The molecule has 1 amide bonds. The van der Waals surface area contributed by atoms with E-state index in [0.29, 0.717) is 6.07 Å². The number of benzene rings is 2. The number of anilines is 1. The van der Waals surface area contributed by atoms with Gasteiger partial charge < -0.3 is 10.1 Å². The summed E-state index contributed by atoms with van der Waals surface area (Å²) in [4.78, 5) is 23.0. The molecule has 0 heterocycles. The van der Waals surface area contributed by atoms with Crippen molar-refractivity contribution < 1.29 is 27.5 Å². The molecule has 0 saturated heterocycles. The second-order valence-corrected chi connectivity index (χ2v) is 4.63. The van der Waals surface area contributed by atoms with E-state index in [4.69, 9.17) is 0 Å². The first-order valence-electron chi connectivity index (χ1n) is 6.80. The molecule has 0 bridgehead atoms. The molecule has 0 aliphatic rings. The van der Waals surface area contributed by atoms with Crippen molar-refractivity contribution in [2.75, 3.05) is 11.9 Å². The normalized spacial score (nSPS) is 10.6. The Morgan fingerprint density at radius 3 is 2.50 bits per heavy atom. The van der Waals surface area contributed by atoms with Gasteiger partial charge in [-0.2, -0.15) is 0 Å². The van der Waals surface area contributed by atoms with Crippen LogP contribution in [-0.2, 0) is 14.3 Å². The molecule has 7 heteroatoms. The van der Waals surface area contributed by atoms with Gasteiger partial charge in [0.05, 0.1) is 5.69 Å². The maximum atomic E-state index is 13.3. The molecule has 124 valence electrons. The van der Waals surface area contributed by atoms with Crippen molar-refractivity contribution >= 4 is 23.6 Å². The number of esters is 1. The highest BCUT2D eigenvalue weighted by Gasteiger charge is 2.09. The van der Waals surface area contributed by atoms with Gasteiger partial charge >= 0.3 is 5.97 Å². The van der Waals surface area contributed by atoms with Gasteiger partial charge in [0, 0.05) is 17.7 Å². The van der Waals surface area contributed by atoms with Gasteiger partial charge in [0.25, 0.3) is 5.91 Å². The summed E-state index contributed by atoms with van der Waals surface area (Å²) in [6.07, 6.45) is 2.17. The van der Waals surface area contributed by atoms with E-state index in [1.54, 1.807) is 6.07 Å². The predicted molar refractivity (Wildman–Crippen MR) is 81.4 cm³/mol. The van der Waals surface area contributed by atoms with Gasteiger partial charge in [0.2, 0.25) is 0 Å². The fourth-order valence-corrected chi connectivity index (χ4v) is 1.73. The minimum Gasteiger partial charge on any atom is -0.452 e. The first-order chi connectivity index (χ1) is 11.5. The lowest BCUT2D eigenvalue weighted by atomic mass is 10.2. The molecule has 0 fully saturated rings. The number of halogens is 3. The van der Waals surface area contributed by atoms with Crippen LogP contribution in [-0.4, -0.2) is 18.5 Å². The SMILES string of the molecule is O=C(COC(=O)/C=C/c1ccccc1F)Nc1ccc(F)cc1F. The minimum absolute atomic E-state index is 0.187. The molecular weight excluding hydrogens is 323 g/mol. The number of hydrogen-bond acceptors (Lipinski definition) is 3. The van der Waals surface area contributed by atoms with E-state index in [2.05, 4.69) is 10.1 Å². The number of carbonyl (C=O) groups is 2. The van der Waals surface area contributed by atoms with Crippen LogP contribution < -0.4 is 5.32 Å². The molecule has 2 aromatic carbocycles. The van der Waals surface area contributed by atoms with Crippen molar-refractivity contribution in [1.29, 1.82) is 0 Å². The standard InChI is InChI=1S/C17H12F3NO3/c18-12-6-7-15(14(20)9-12)21-16(22)10-24-17(23)8-5-11-3-1-2-4-13(11)19/h1-9H,10H2,(H,21,22)/b8-5+. The van der Waals surface area contributed by atoms with E-state index in [-0.39, 0.29) is 11.3 Å². The average molecular weight is 335 g/mol. The second kappa shape index (κ2) is 7.96. The quantitative estimate of drug-likeness (QED) is 0.674. The smallest absolute Gasteiger partial charge is 0.331 e. The third-order valence-corrected chi connectivity index (χ3v) is 2.85. The van der Waals surface area contributed by atoms with Crippen molar-refractivity contribution in [3.8, 4) is 0 Å². The summed E-state index contributed by atoms with van der Waals surface area (Å²) in [6.45, 7) is -0.669. The number of amides is 1. The summed E-state index contributed by atoms with van der Waals surface area (Å²) < 4.78 is 44.1. The van der Waals surface area contributed by atoms with Crippen molar-refractivity contribution in [2.45, 2.75) is 0 Å². The summed E-state index contributed by atoms with van der Waals surface area (Å²) in [5, 5.41) is 2.13. The van der Waals surface area contributed by atoms with E-state index in [9.17, 15) is 22.8 Å². The number of ether oxygens (including phenoxy) is 1. The van der Waals surface area contributed by atoms with Crippen LogP contribution in [0.2, 0.25) is 0 Å². The van der Waals surface area contributed by atoms with Crippen LogP contribution >= 0.6 is 0 Å². The number of carbonyl (C=O) groups excluding carboxylic acids is 2. The number of nitrogens with one attached hydrogen (secondary N) is 1. The molecule has 4 nitrogen and oxygen atoms in total. The summed E-state index contributed by atoms with van der Waals surface area (Å²) in [5.74, 6) is -3.91. The molecule has 0 aliphatic heterocycles. The summed E-state index contributed by atoms with van der Waals surface area (Å²) in [5.41, 5.74) is -0.0494. The van der Waals surface area contributed by atoms with Crippen molar-refractivity contribution in [2.24, 2.45) is 0 Å². The topological polar surface area (TPSA) is 55.4 Å². The first-order valence-corrected chi connectivity index (χ1v) is 6.80. The summed E-state index contributed by atoms with van der Waals surface area (Å²) >= 11 is 0. The van der Waals surface area contributed by atoms with Gasteiger partial charge in [-0.1, -0.05) is 18.2 Å². The summed E-state index contributed by atoms with van der Waals surface area (Å²) in [7, 11) is 0. The maximum Gasteiger partial charge on any atom is 0.331 e. The zero-order valence-corrected chi connectivity index (χ0v) is 12.3. The van der Waals surface area contributed by atoms with Crippen molar-refractivity contribution in [3.63, 3.8) is 0 Å². The Balaban J connectivity index is 1.85. The molecule has 0 spiro atoms. The van der Waals surface area contributed by atoms with Gasteiger partial charge in [-0.05, 0) is 24.3 Å². The van der Waals surface area contributed by atoms with Crippen molar-refractivity contribution in [3.05, 3.63) is 71.6 Å². The highest BCUT2D eigenvalue weighted by atomic mass is 19.1. The van der Waals surface area contributed by atoms with E-state index in [1.807, 2.05) is 0 Å². The molecule has 0 aliphatic carbocycles. The van der Waals surface area contributed by atoms with Gasteiger partial charge in [0.1, 0.15) is 17.5 Å². The predicted octanol–water partition coefficient (Wildman–Crippen LogP) is 3.30. The average Bonchev–Trinajstić information content (AvgIpc) is 2.55. The van der Waals surface area contributed by atoms with Crippen LogP contribution in [0.3, 0.4) is 0 Å². The lowest BCUT2D eigenvalue weighted by Gasteiger charge is -2.06. The lowest BCUT2D eigenvalue weighted by Crippen LogP contribution is -2.20. The van der Waals surface area contributed by atoms with Crippen LogP contribution in [0.1, 0.15) is 5.56 Å².